The Morgan fingerprint density at radius 3 is 1.50 bits per heavy atom. The van der Waals surface area contributed by atoms with Gasteiger partial charge in [0.1, 0.15) is 5.56 Å². The maximum atomic E-state index is 14.8. The Morgan fingerprint density at radius 1 is 0.675 bits per heavy atom. The standard InChI is InChI=1S/C27H19F10NOS/c1-10(2)40-13(12-7-5-4-6-8-12)9-38-26(14-16(28)20(32)24(36)21(33)17(14)29)11(3)27(39)15-18(30)22(34)25(37)23(35)19(15)31/h4-8,10,13,38H,9H2,1-3H3/b26-11-. The van der Waals surface area contributed by atoms with Crippen molar-refractivity contribution in [2.24, 2.45) is 0 Å². The van der Waals surface area contributed by atoms with Crippen LogP contribution < -0.4 is 5.32 Å². The lowest BCUT2D eigenvalue weighted by Gasteiger charge is -2.23. The zero-order chi connectivity index (χ0) is 30.0. The molecule has 1 atom stereocenters. The van der Waals surface area contributed by atoms with E-state index in [9.17, 15) is 48.7 Å². The summed E-state index contributed by atoms with van der Waals surface area (Å²) in [6.07, 6.45) is 0. The molecule has 0 bridgehead atoms. The fourth-order valence-corrected chi connectivity index (χ4v) is 4.92. The molecule has 0 spiro atoms. The molecule has 0 aliphatic carbocycles. The first-order valence-electron chi connectivity index (χ1n) is 11.4. The molecule has 3 rings (SSSR count). The average molecular weight is 596 g/mol. The van der Waals surface area contributed by atoms with Crippen LogP contribution in [0.15, 0.2) is 35.9 Å². The molecule has 0 aliphatic heterocycles. The molecule has 0 aliphatic rings. The zero-order valence-electron chi connectivity index (χ0n) is 20.8. The smallest absolute Gasteiger partial charge is 0.200 e. The van der Waals surface area contributed by atoms with Crippen LogP contribution in [0.1, 0.15) is 47.5 Å². The molecule has 0 heterocycles. The van der Waals surface area contributed by atoms with Crippen LogP contribution in [0, 0.1) is 58.2 Å². The Morgan fingerprint density at radius 2 is 1.07 bits per heavy atom. The summed E-state index contributed by atoms with van der Waals surface area (Å²) in [5.74, 6) is -26.6. The van der Waals surface area contributed by atoms with Gasteiger partial charge in [-0.3, -0.25) is 4.79 Å². The van der Waals surface area contributed by atoms with Gasteiger partial charge >= 0.3 is 0 Å². The second-order valence-electron chi connectivity index (χ2n) is 8.68. The number of carbonyl (C=O) groups is 1. The number of rotatable bonds is 9. The summed E-state index contributed by atoms with van der Waals surface area (Å²) in [5, 5.41) is 1.81. The molecule has 3 aromatic carbocycles. The first-order chi connectivity index (χ1) is 18.7. The maximum absolute atomic E-state index is 14.8. The number of benzene rings is 3. The summed E-state index contributed by atoms with van der Waals surface area (Å²) < 4.78 is 142. The normalized spacial score (nSPS) is 12.9. The largest absolute Gasteiger partial charge is 0.383 e. The first kappa shape index (κ1) is 31.1. The van der Waals surface area contributed by atoms with E-state index in [4.69, 9.17) is 0 Å². The maximum Gasteiger partial charge on any atom is 0.200 e. The lowest BCUT2D eigenvalue weighted by Crippen LogP contribution is -2.25. The molecule has 0 fully saturated rings. The highest BCUT2D eigenvalue weighted by Crippen LogP contribution is 2.35. The van der Waals surface area contributed by atoms with Crippen molar-refractivity contribution in [2.45, 2.75) is 31.3 Å². The van der Waals surface area contributed by atoms with Gasteiger partial charge in [0.25, 0.3) is 0 Å². The highest BCUT2D eigenvalue weighted by molar-refractivity contribution is 8.00. The van der Waals surface area contributed by atoms with Crippen LogP contribution in [0.2, 0.25) is 0 Å². The van der Waals surface area contributed by atoms with E-state index < -0.39 is 91.6 Å². The molecule has 0 aromatic heterocycles. The van der Waals surface area contributed by atoms with Crippen LogP contribution in [0.25, 0.3) is 5.70 Å². The fourth-order valence-electron chi connectivity index (χ4n) is 3.77. The van der Waals surface area contributed by atoms with E-state index >= 15 is 0 Å². The van der Waals surface area contributed by atoms with Gasteiger partial charge in [-0.2, -0.15) is 0 Å². The van der Waals surface area contributed by atoms with Gasteiger partial charge < -0.3 is 5.32 Å². The van der Waals surface area contributed by atoms with Crippen LogP contribution in [0.4, 0.5) is 43.9 Å². The van der Waals surface area contributed by atoms with Gasteiger partial charge in [-0.25, -0.2) is 43.9 Å². The summed E-state index contributed by atoms with van der Waals surface area (Å²) >= 11 is 1.31. The van der Waals surface area contributed by atoms with Gasteiger partial charge in [0.05, 0.1) is 11.3 Å². The van der Waals surface area contributed by atoms with Crippen molar-refractivity contribution in [3.63, 3.8) is 0 Å². The molecule has 2 nitrogen and oxygen atoms in total. The lowest BCUT2D eigenvalue weighted by molar-refractivity contribution is 0.102. The highest BCUT2D eigenvalue weighted by atomic mass is 32.2. The van der Waals surface area contributed by atoms with Crippen molar-refractivity contribution in [2.75, 3.05) is 6.54 Å². The Hall–Kier alpha value is -3.48. The number of thioether (sulfide) groups is 1. The monoisotopic (exact) mass is 595 g/mol. The number of ketones is 1. The second-order valence-corrected chi connectivity index (χ2v) is 10.5. The Bertz CT molecular complexity index is 1430. The Kier molecular flexibility index (Phi) is 9.60. The van der Waals surface area contributed by atoms with Gasteiger partial charge in [-0.1, -0.05) is 44.2 Å². The average Bonchev–Trinajstić information content (AvgIpc) is 2.93. The SMILES string of the molecule is C/C(C(=O)c1c(F)c(F)c(F)c(F)c1F)=C(/NCC(SC(C)C)c1ccccc1)c1c(F)c(F)c(F)c(F)c1F. The Balaban J connectivity index is 2.27. The predicted octanol–water partition coefficient (Wildman–Crippen LogP) is 8.16. The number of carbonyl (C=O) groups excluding carboxylic acids is 1. The Labute approximate surface area is 226 Å². The summed E-state index contributed by atoms with van der Waals surface area (Å²) in [6, 6.07) is 8.39. The molecule has 13 heteroatoms. The van der Waals surface area contributed by atoms with Crippen LogP contribution in [-0.4, -0.2) is 17.6 Å². The third-order valence-electron chi connectivity index (χ3n) is 5.68. The van der Waals surface area contributed by atoms with Crippen LogP contribution >= 0.6 is 11.8 Å². The van der Waals surface area contributed by atoms with E-state index in [0.717, 1.165) is 0 Å². The molecule has 0 saturated heterocycles. The zero-order valence-corrected chi connectivity index (χ0v) is 21.7. The molecule has 0 radical (unpaired) electrons. The number of nitrogens with one attached hydrogen (secondary N) is 1. The van der Waals surface area contributed by atoms with Crippen molar-refractivity contribution < 1.29 is 48.7 Å². The van der Waals surface area contributed by atoms with Crippen molar-refractivity contribution in [3.8, 4) is 0 Å². The summed E-state index contributed by atoms with van der Waals surface area (Å²) in [7, 11) is 0. The number of hydrogen-bond acceptors (Lipinski definition) is 3. The first-order valence-corrected chi connectivity index (χ1v) is 12.4. The lowest BCUT2D eigenvalue weighted by atomic mass is 9.97. The topological polar surface area (TPSA) is 29.1 Å². The van der Waals surface area contributed by atoms with Gasteiger partial charge in [0.2, 0.25) is 11.6 Å². The third kappa shape index (κ3) is 5.84. The van der Waals surface area contributed by atoms with Crippen molar-refractivity contribution in [3.05, 3.63) is 111 Å². The summed E-state index contributed by atoms with van der Waals surface area (Å²) in [5.41, 5.74) is -5.19. The van der Waals surface area contributed by atoms with Crippen LogP contribution in [-0.2, 0) is 0 Å². The minimum absolute atomic E-state index is 0.0512. The number of allylic oxidation sites excluding steroid dienone is 1. The van der Waals surface area contributed by atoms with E-state index in [1.165, 1.54) is 11.8 Å². The molecule has 1 unspecified atom stereocenters. The van der Waals surface area contributed by atoms with Gasteiger partial charge in [-0.15, -0.1) is 11.8 Å². The third-order valence-corrected chi connectivity index (χ3v) is 7.00. The quantitative estimate of drug-likeness (QED) is 0.0890. The highest BCUT2D eigenvalue weighted by Gasteiger charge is 2.34. The van der Waals surface area contributed by atoms with Gasteiger partial charge in [-0.05, 0) is 17.7 Å². The molecule has 0 saturated carbocycles. The van der Waals surface area contributed by atoms with Gasteiger partial charge in [0.15, 0.2) is 52.3 Å². The minimum atomic E-state index is -2.57. The summed E-state index contributed by atoms with van der Waals surface area (Å²) in [4.78, 5) is 13.0. The van der Waals surface area contributed by atoms with Crippen LogP contribution in [0.5, 0.6) is 0 Å². The summed E-state index contributed by atoms with van der Waals surface area (Å²) in [6.45, 7) is 3.95. The molecular formula is C27H19F10NOS. The van der Waals surface area contributed by atoms with Crippen molar-refractivity contribution >= 4 is 23.2 Å². The van der Waals surface area contributed by atoms with E-state index in [0.29, 0.717) is 12.5 Å². The number of halogens is 10. The molecule has 40 heavy (non-hydrogen) atoms. The van der Waals surface area contributed by atoms with Crippen LogP contribution in [0.3, 0.4) is 0 Å². The van der Waals surface area contributed by atoms with E-state index in [1.54, 1.807) is 44.2 Å². The fraction of sp³-hybridized carbons (Fsp3) is 0.222. The molecule has 0 amide bonds. The van der Waals surface area contributed by atoms with Crippen molar-refractivity contribution in [1.82, 2.24) is 5.32 Å². The van der Waals surface area contributed by atoms with E-state index in [-0.39, 0.29) is 11.8 Å². The molecule has 214 valence electrons. The predicted molar refractivity (Wildman–Crippen MR) is 129 cm³/mol. The molecule has 3 aromatic rings. The van der Waals surface area contributed by atoms with Crippen molar-refractivity contribution in [1.29, 1.82) is 0 Å². The number of Topliss-reactive ketones (excluding diaryl/α,β-unsaturated/α-hetero) is 1. The molecule has 1 N–H and O–H groups in total. The van der Waals surface area contributed by atoms with E-state index in [1.807, 2.05) is 0 Å². The second kappa shape index (κ2) is 12.4. The van der Waals surface area contributed by atoms with E-state index in [2.05, 4.69) is 5.32 Å². The number of hydrogen-bond donors (Lipinski definition) is 1. The van der Waals surface area contributed by atoms with Gasteiger partial charge in [0, 0.05) is 17.4 Å². The molecular weight excluding hydrogens is 576 g/mol. The minimum Gasteiger partial charge on any atom is -0.383 e.